The molecule has 2 heteroatoms. The first-order valence-corrected chi connectivity index (χ1v) is 8.28. The summed E-state index contributed by atoms with van der Waals surface area (Å²) in [7, 11) is 4.59. The molecule has 116 valence electrons. The minimum absolute atomic E-state index is 0.915. The maximum absolute atomic E-state index is 5.73. The lowest BCUT2D eigenvalue weighted by Crippen LogP contribution is -2.05. The van der Waals surface area contributed by atoms with Gasteiger partial charge in [0.2, 0.25) is 0 Å². The molecular weight excluding hydrogens is 299 g/mol. The van der Waals surface area contributed by atoms with Crippen LogP contribution in [-0.4, -0.2) is 7.11 Å². The summed E-state index contributed by atoms with van der Waals surface area (Å²) in [6.45, 7) is 4.27. The third-order valence-corrected chi connectivity index (χ3v) is 4.59. The van der Waals surface area contributed by atoms with Crippen LogP contribution in [0.25, 0.3) is 22.3 Å². The molecule has 0 heterocycles. The summed E-state index contributed by atoms with van der Waals surface area (Å²) in [5.41, 5.74) is 7.25. The van der Waals surface area contributed by atoms with Crippen molar-refractivity contribution in [1.82, 2.24) is 0 Å². The molecule has 0 bridgehead atoms. The average Bonchev–Trinajstić information content (AvgIpc) is 2.54. The van der Waals surface area contributed by atoms with E-state index in [4.69, 9.17) is 4.74 Å². The molecule has 0 saturated heterocycles. The highest BCUT2D eigenvalue weighted by Crippen LogP contribution is 2.34. The largest absolute Gasteiger partial charge is 0.495 e. The average molecular weight is 320 g/mol. The Hall–Kier alpha value is -2.11. The van der Waals surface area contributed by atoms with Crippen LogP contribution in [0, 0.1) is 13.8 Å². The lowest BCUT2D eigenvalue weighted by atomic mass is 9.97. The Labute approximate surface area is 140 Å². The number of methoxy groups -OCH3 is 1. The molecule has 1 nitrogen and oxygen atoms in total. The van der Waals surface area contributed by atoms with Crippen molar-refractivity contribution >= 4 is 14.5 Å². The first kappa shape index (κ1) is 15.8. The molecule has 23 heavy (non-hydrogen) atoms. The van der Waals surface area contributed by atoms with E-state index in [0.717, 1.165) is 16.6 Å². The zero-order valence-electron chi connectivity index (χ0n) is 13.8. The van der Waals surface area contributed by atoms with Gasteiger partial charge in [0.15, 0.2) is 0 Å². The second-order valence-electron chi connectivity index (χ2n) is 5.85. The number of hydrogen-bond acceptors (Lipinski definition) is 1. The molecular formula is C21H21OP. The Morgan fingerprint density at radius 3 is 1.96 bits per heavy atom. The minimum Gasteiger partial charge on any atom is -0.495 e. The second-order valence-corrected chi connectivity index (χ2v) is 6.43. The standard InChI is InChI=1S/C21H21OP/c1-14-11-15(2)13-17(12-14)19-10-9-18(20(22-3)21(19)23)16-7-5-4-6-8-16/h4-13H,23H2,1-3H3. The van der Waals surface area contributed by atoms with Gasteiger partial charge in [-0.2, -0.15) is 0 Å². The molecule has 3 aromatic carbocycles. The van der Waals surface area contributed by atoms with E-state index in [-0.39, 0.29) is 0 Å². The first-order chi connectivity index (χ1) is 11.1. The number of ether oxygens (including phenoxy) is 1. The van der Waals surface area contributed by atoms with Gasteiger partial charge in [-0.1, -0.05) is 65.7 Å². The Morgan fingerprint density at radius 2 is 1.35 bits per heavy atom. The number of rotatable bonds is 3. The SMILES string of the molecule is COc1c(-c2ccccc2)ccc(-c2cc(C)cc(C)c2)c1P. The number of benzene rings is 3. The Balaban J connectivity index is 2.18. The van der Waals surface area contributed by atoms with E-state index in [0.29, 0.717) is 0 Å². The molecule has 0 aliphatic heterocycles. The van der Waals surface area contributed by atoms with Crippen LogP contribution in [0.3, 0.4) is 0 Å². The van der Waals surface area contributed by atoms with Crippen LogP contribution >= 0.6 is 9.24 Å². The number of aryl methyl sites for hydroxylation is 2. The highest BCUT2D eigenvalue weighted by Gasteiger charge is 2.13. The number of hydrogen-bond donors (Lipinski definition) is 0. The van der Waals surface area contributed by atoms with Crippen molar-refractivity contribution in [2.45, 2.75) is 13.8 Å². The van der Waals surface area contributed by atoms with Gasteiger partial charge < -0.3 is 4.74 Å². The van der Waals surface area contributed by atoms with Crippen LogP contribution in [0.2, 0.25) is 0 Å². The third-order valence-electron chi connectivity index (χ3n) is 4.02. The zero-order chi connectivity index (χ0) is 16.4. The van der Waals surface area contributed by atoms with Crippen molar-refractivity contribution in [1.29, 1.82) is 0 Å². The molecule has 1 unspecified atom stereocenters. The van der Waals surface area contributed by atoms with Crippen molar-refractivity contribution in [3.63, 3.8) is 0 Å². The van der Waals surface area contributed by atoms with Crippen molar-refractivity contribution in [2.75, 3.05) is 7.11 Å². The van der Waals surface area contributed by atoms with Gasteiger partial charge >= 0.3 is 0 Å². The van der Waals surface area contributed by atoms with Gasteiger partial charge in [-0.25, -0.2) is 0 Å². The molecule has 3 aromatic rings. The van der Waals surface area contributed by atoms with E-state index >= 15 is 0 Å². The normalized spacial score (nSPS) is 10.6. The van der Waals surface area contributed by atoms with Gasteiger partial charge in [0.25, 0.3) is 0 Å². The Morgan fingerprint density at radius 1 is 0.739 bits per heavy atom. The first-order valence-electron chi connectivity index (χ1n) is 7.70. The molecule has 0 amide bonds. The van der Waals surface area contributed by atoms with Crippen molar-refractivity contribution < 1.29 is 4.74 Å². The van der Waals surface area contributed by atoms with E-state index in [1.165, 1.54) is 27.8 Å². The summed E-state index contributed by atoms with van der Waals surface area (Å²) in [6.07, 6.45) is 0. The fourth-order valence-corrected chi connectivity index (χ4v) is 3.58. The molecule has 0 saturated carbocycles. The van der Waals surface area contributed by atoms with Crippen molar-refractivity contribution in [3.05, 3.63) is 71.8 Å². The van der Waals surface area contributed by atoms with Crippen molar-refractivity contribution in [3.8, 4) is 28.0 Å². The molecule has 0 fully saturated rings. The monoisotopic (exact) mass is 320 g/mol. The smallest absolute Gasteiger partial charge is 0.134 e. The van der Waals surface area contributed by atoms with Gasteiger partial charge in [0, 0.05) is 10.9 Å². The topological polar surface area (TPSA) is 9.23 Å². The fraction of sp³-hybridized carbons (Fsp3) is 0.143. The van der Waals surface area contributed by atoms with E-state index in [9.17, 15) is 0 Å². The van der Waals surface area contributed by atoms with Crippen LogP contribution in [0.1, 0.15) is 11.1 Å². The van der Waals surface area contributed by atoms with Gasteiger partial charge in [0.1, 0.15) is 5.75 Å². The third kappa shape index (κ3) is 3.16. The molecule has 0 N–H and O–H groups in total. The van der Waals surface area contributed by atoms with Crippen molar-refractivity contribution in [2.24, 2.45) is 0 Å². The quantitative estimate of drug-likeness (QED) is 0.607. The van der Waals surface area contributed by atoms with Gasteiger partial charge in [0.05, 0.1) is 7.11 Å². The van der Waals surface area contributed by atoms with Crippen LogP contribution < -0.4 is 10.0 Å². The summed E-state index contributed by atoms with van der Waals surface area (Å²) in [4.78, 5) is 0. The van der Waals surface area contributed by atoms with Gasteiger partial charge in [-0.15, -0.1) is 9.24 Å². The van der Waals surface area contributed by atoms with Crippen LogP contribution in [0.4, 0.5) is 0 Å². The molecule has 0 aliphatic carbocycles. The molecule has 0 spiro atoms. The highest BCUT2D eigenvalue weighted by molar-refractivity contribution is 7.28. The maximum atomic E-state index is 5.73. The predicted octanol–water partition coefficient (Wildman–Crippen LogP) is 5.15. The van der Waals surface area contributed by atoms with Crippen LogP contribution in [-0.2, 0) is 0 Å². The van der Waals surface area contributed by atoms with Crippen LogP contribution in [0.15, 0.2) is 60.7 Å². The highest BCUT2D eigenvalue weighted by atomic mass is 31.0. The van der Waals surface area contributed by atoms with E-state index < -0.39 is 0 Å². The fourth-order valence-electron chi connectivity index (χ4n) is 3.05. The summed E-state index contributed by atoms with van der Waals surface area (Å²) in [5.74, 6) is 0.915. The van der Waals surface area contributed by atoms with E-state index in [2.05, 4.69) is 77.7 Å². The molecule has 0 aromatic heterocycles. The van der Waals surface area contributed by atoms with Gasteiger partial charge in [-0.3, -0.25) is 0 Å². The molecule has 1 atom stereocenters. The Bertz CT molecular complexity index is 818. The summed E-state index contributed by atoms with van der Waals surface area (Å²) >= 11 is 0. The summed E-state index contributed by atoms with van der Waals surface area (Å²) in [5, 5.41) is 1.10. The molecule has 0 aliphatic rings. The maximum Gasteiger partial charge on any atom is 0.134 e. The van der Waals surface area contributed by atoms with Crippen LogP contribution in [0.5, 0.6) is 5.75 Å². The summed E-state index contributed by atoms with van der Waals surface area (Å²) in [6, 6.07) is 21.3. The zero-order valence-corrected chi connectivity index (χ0v) is 14.9. The molecule has 3 rings (SSSR count). The minimum atomic E-state index is 0.915. The van der Waals surface area contributed by atoms with E-state index in [1.807, 2.05) is 6.07 Å². The lowest BCUT2D eigenvalue weighted by Gasteiger charge is -2.16. The summed E-state index contributed by atoms with van der Waals surface area (Å²) < 4.78 is 5.73. The lowest BCUT2D eigenvalue weighted by molar-refractivity contribution is 0.420. The predicted molar refractivity (Wildman–Crippen MR) is 103 cm³/mol. The second kappa shape index (κ2) is 6.56. The Kier molecular flexibility index (Phi) is 4.50. The van der Waals surface area contributed by atoms with Gasteiger partial charge in [-0.05, 0) is 36.6 Å². The van der Waals surface area contributed by atoms with E-state index in [1.54, 1.807) is 7.11 Å². The molecule has 0 radical (unpaired) electrons.